The summed E-state index contributed by atoms with van der Waals surface area (Å²) in [5, 5.41) is 2.65. The number of H-pyrrole nitrogens is 1. The number of hydrogen-bond donors (Lipinski definition) is 2. The van der Waals surface area contributed by atoms with Gasteiger partial charge in [-0.2, -0.15) is 0 Å². The third kappa shape index (κ3) is 2.33. The first kappa shape index (κ1) is 11.7. The highest BCUT2D eigenvalue weighted by molar-refractivity contribution is 5.82. The van der Waals surface area contributed by atoms with Crippen LogP contribution in [-0.4, -0.2) is 24.5 Å². The van der Waals surface area contributed by atoms with E-state index in [0.29, 0.717) is 17.7 Å². The Labute approximate surface area is 99.8 Å². The van der Waals surface area contributed by atoms with E-state index in [-0.39, 0.29) is 5.56 Å². The summed E-state index contributed by atoms with van der Waals surface area (Å²) in [5.74, 6) is 0. The summed E-state index contributed by atoms with van der Waals surface area (Å²) in [4.78, 5) is 27.0. The van der Waals surface area contributed by atoms with Crippen LogP contribution in [0, 0.1) is 6.92 Å². The molecule has 0 spiro atoms. The molecular formula is C12H17N3O2. The number of hydrogen-bond acceptors (Lipinski definition) is 3. The van der Waals surface area contributed by atoms with Gasteiger partial charge in [0.2, 0.25) is 6.41 Å². The van der Waals surface area contributed by atoms with E-state index in [1.807, 2.05) is 0 Å². The smallest absolute Gasteiger partial charge is 0.253 e. The summed E-state index contributed by atoms with van der Waals surface area (Å²) in [6.07, 6.45) is 5.70. The Kier molecular flexibility index (Phi) is 3.46. The molecule has 1 aromatic heterocycles. The highest BCUT2D eigenvalue weighted by atomic mass is 16.1. The number of rotatable bonds is 3. The molecule has 0 bridgehead atoms. The molecule has 5 heteroatoms. The topological polar surface area (TPSA) is 65.2 Å². The predicted molar refractivity (Wildman–Crippen MR) is 67.6 cm³/mol. The summed E-state index contributed by atoms with van der Waals surface area (Å²) in [7, 11) is 0. The van der Waals surface area contributed by atoms with Gasteiger partial charge in [-0.15, -0.1) is 0 Å². The number of aromatic amines is 1. The molecular weight excluding hydrogens is 218 g/mol. The first-order chi connectivity index (χ1) is 8.24. The van der Waals surface area contributed by atoms with Crippen LogP contribution in [0.15, 0.2) is 11.0 Å². The second kappa shape index (κ2) is 5.03. The Balaban J connectivity index is 2.43. The fourth-order valence-corrected chi connectivity index (χ4v) is 2.32. The van der Waals surface area contributed by atoms with Gasteiger partial charge >= 0.3 is 0 Å². The highest BCUT2D eigenvalue weighted by Crippen LogP contribution is 2.28. The number of anilines is 2. The van der Waals surface area contributed by atoms with Gasteiger partial charge in [-0.25, -0.2) is 0 Å². The monoisotopic (exact) mass is 235 g/mol. The minimum Gasteiger partial charge on any atom is -0.369 e. The minimum absolute atomic E-state index is 0.0953. The summed E-state index contributed by atoms with van der Waals surface area (Å²) in [6.45, 7) is 3.68. The first-order valence-electron chi connectivity index (χ1n) is 5.91. The minimum atomic E-state index is -0.0953. The molecule has 2 heterocycles. The van der Waals surface area contributed by atoms with Crippen LogP contribution in [0.3, 0.4) is 0 Å². The van der Waals surface area contributed by atoms with Crippen LogP contribution >= 0.6 is 0 Å². The van der Waals surface area contributed by atoms with Crippen molar-refractivity contribution >= 4 is 17.8 Å². The molecule has 0 atom stereocenters. The zero-order valence-electron chi connectivity index (χ0n) is 9.95. The molecule has 1 saturated heterocycles. The summed E-state index contributed by atoms with van der Waals surface area (Å²) in [5.41, 5.74) is 2.11. The van der Waals surface area contributed by atoms with E-state index >= 15 is 0 Å². The number of amides is 1. The van der Waals surface area contributed by atoms with E-state index < -0.39 is 0 Å². The van der Waals surface area contributed by atoms with Crippen molar-refractivity contribution in [2.45, 2.75) is 26.2 Å². The Morgan fingerprint density at radius 2 is 2.06 bits per heavy atom. The average molecular weight is 235 g/mol. The van der Waals surface area contributed by atoms with Gasteiger partial charge in [-0.05, 0) is 26.2 Å². The molecule has 1 aromatic rings. The standard InChI is InChI=1S/C12H17N3O2/c1-9-11(15-5-3-2-4-6-15)10(14-8-16)7-13-12(9)17/h7-8H,2-6H2,1H3,(H,13,17)(H,14,16). The Morgan fingerprint density at radius 3 is 2.71 bits per heavy atom. The molecule has 2 rings (SSSR count). The van der Waals surface area contributed by atoms with Crippen LogP contribution in [0.5, 0.6) is 0 Å². The zero-order valence-corrected chi connectivity index (χ0v) is 9.95. The molecule has 0 aromatic carbocycles. The lowest BCUT2D eigenvalue weighted by molar-refractivity contribution is -0.105. The molecule has 17 heavy (non-hydrogen) atoms. The number of piperidine rings is 1. The van der Waals surface area contributed by atoms with E-state index in [1.54, 1.807) is 13.1 Å². The third-order valence-corrected chi connectivity index (χ3v) is 3.19. The maximum atomic E-state index is 11.6. The van der Waals surface area contributed by atoms with Crippen LogP contribution in [0.4, 0.5) is 11.4 Å². The van der Waals surface area contributed by atoms with Crippen molar-refractivity contribution in [2.75, 3.05) is 23.3 Å². The molecule has 1 aliphatic rings. The fraction of sp³-hybridized carbons (Fsp3) is 0.500. The maximum Gasteiger partial charge on any atom is 0.253 e. The maximum absolute atomic E-state index is 11.6. The number of nitrogens with one attached hydrogen (secondary N) is 2. The predicted octanol–water partition coefficient (Wildman–Crippen LogP) is 1.24. The van der Waals surface area contributed by atoms with E-state index in [2.05, 4.69) is 15.2 Å². The summed E-state index contributed by atoms with van der Waals surface area (Å²) < 4.78 is 0. The van der Waals surface area contributed by atoms with Gasteiger partial charge in [0.15, 0.2) is 0 Å². The number of nitrogens with zero attached hydrogens (tertiary/aromatic N) is 1. The van der Waals surface area contributed by atoms with E-state index in [9.17, 15) is 9.59 Å². The van der Waals surface area contributed by atoms with E-state index in [0.717, 1.165) is 31.6 Å². The van der Waals surface area contributed by atoms with Crippen LogP contribution in [0.25, 0.3) is 0 Å². The van der Waals surface area contributed by atoms with Gasteiger partial charge in [0, 0.05) is 24.8 Å². The molecule has 92 valence electrons. The largest absolute Gasteiger partial charge is 0.369 e. The van der Waals surface area contributed by atoms with Gasteiger partial charge in [-0.1, -0.05) is 0 Å². The SMILES string of the molecule is Cc1c(N2CCCCC2)c(NC=O)c[nH]c1=O. The molecule has 0 aliphatic carbocycles. The highest BCUT2D eigenvalue weighted by Gasteiger charge is 2.18. The van der Waals surface area contributed by atoms with Crippen molar-refractivity contribution in [3.05, 3.63) is 22.1 Å². The van der Waals surface area contributed by atoms with Crippen LogP contribution in [-0.2, 0) is 4.79 Å². The molecule has 2 N–H and O–H groups in total. The first-order valence-corrected chi connectivity index (χ1v) is 5.91. The fourth-order valence-electron chi connectivity index (χ4n) is 2.32. The quantitative estimate of drug-likeness (QED) is 0.775. The molecule has 1 fully saturated rings. The van der Waals surface area contributed by atoms with Crippen molar-refractivity contribution in [3.63, 3.8) is 0 Å². The Bertz CT molecular complexity index is 461. The second-order valence-corrected chi connectivity index (χ2v) is 4.31. The van der Waals surface area contributed by atoms with Crippen molar-refractivity contribution in [2.24, 2.45) is 0 Å². The van der Waals surface area contributed by atoms with Crippen LogP contribution in [0.1, 0.15) is 24.8 Å². The van der Waals surface area contributed by atoms with Gasteiger partial charge in [0.05, 0.1) is 11.4 Å². The average Bonchev–Trinajstić information content (AvgIpc) is 2.36. The molecule has 0 unspecified atom stereocenters. The van der Waals surface area contributed by atoms with Crippen molar-refractivity contribution in [1.82, 2.24) is 4.98 Å². The number of aromatic nitrogens is 1. The molecule has 1 aliphatic heterocycles. The van der Waals surface area contributed by atoms with Gasteiger partial charge in [-0.3, -0.25) is 9.59 Å². The van der Waals surface area contributed by atoms with Gasteiger partial charge < -0.3 is 15.2 Å². The van der Waals surface area contributed by atoms with Gasteiger partial charge in [0.1, 0.15) is 0 Å². The number of pyridine rings is 1. The molecule has 0 radical (unpaired) electrons. The van der Waals surface area contributed by atoms with Crippen molar-refractivity contribution in [3.8, 4) is 0 Å². The Hall–Kier alpha value is -1.78. The third-order valence-electron chi connectivity index (χ3n) is 3.19. The molecule has 0 saturated carbocycles. The van der Waals surface area contributed by atoms with E-state index in [1.165, 1.54) is 6.42 Å². The summed E-state index contributed by atoms with van der Waals surface area (Å²) in [6, 6.07) is 0. The molecule has 1 amide bonds. The zero-order chi connectivity index (χ0) is 12.3. The van der Waals surface area contributed by atoms with Gasteiger partial charge in [0.25, 0.3) is 5.56 Å². The van der Waals surface area contributed by atoms with Crippen molar-refractivity contribution < 1.29 is 4.79 Å². The lowest BCUT2D eigenvalue weighted by atomic mass is 10.1. The van der Waals surface area contributed by atoms with Crippen LogP contribution in [0.2, 0.25) is 0 Å². The molecule has 5 nitrogen and oxygen atoms in total. The number of carbonyl (C=O) groups is 1. The number of carbonyl (C=O) groups excluding carboxylic acids is 1. The normalized spacial score (nSPS) is 15.7. The van der Waals surface area contributed by atoms with Crippen molar-refractivity contribution in [1.29, 1.82) is 0 Å². The van der Waals surface area contributed by atoms with E-state index in [4.69, 9.17) is 0 Å². The lowest BCUT2D eigenvalue weighted by Gasteiger charge is -2.31. The Morgan fingerprint density at radius 1 is 1.35 bits per heavy atom. The second-order valence-electron chi connectivity index (χ2n) is 4.31. The summed E-state index contributed by atoms with van der Waals surface area (Å²) >= 11 is 0. The lowest BCUT2D eigenvalue weighted by Crippen LogP contribution is -2.32. The van der Waals surface area contributed by atoms with Crippen LogP contribution < -0.4 is 15.8 Å².